The normalized spacial score (nSPS) is 11.3. The molecule has 2 aromatic rings. The summed E-state index contributed by atoms with van der Waals surface area (Å²) in [5.74, 6) is 0.0662. The van der Waals surface area contributed by atoms with Gasteiger partial charge in [0.2, 0.25) is 5.96 Å². The van der Waals surface area contributed by atoms with E-state index in [0.29, 0.717) is 5.96 Å². The van der Waals surface area contributed by atoms with Crippen LogP contribution in [0.15, 0.2) is 34.5 Å². The number of aliphatic imine (C=N–C) groups is 1. The van der Waals surface area contributed by atoms with Gasteiger partial charge in [0.15, 0.2) is 0 Å². The maximum absolute atomic E-state index is 8.89. The number of fused-ring (bicyclic) bond motifs is 1. The third-order valence-corrected chi connectivity index (χ3v) is 3.35. The van der Waals surface area contributed by atoms with Crippen molar-refractivity contribution in [2.75, 3.05) is 13.7 Å². The number of hydrogen-bond acceptors (Lipinski definition) is 5. The molecule has 8 nitrogen and oxygen atoms in total. The molecule has 0 atom stereocenters. The lowest BCUT2D eigenvalue weighted by molar-refractivity contribution is -0.302. The van der Waals surface area contributed by atoms with Crippen LogP contribution in [0.1, 0.15) is 38.7 Å². The zero-order chi connectivity index (χ0) is 19.4. The van der Waals surface area contributed by atoms with Crippen molar-refractivity contribution in [2.45, 2.75) is 33.1 Å². The summed E-state index contributed by atoms with van der Waals surface area (Å²) in [6, 6.07) is 5.86. The van der Waals surface area contributed by atoms with Crippen LogP contribution in [0.5, 0.6) is 5.75 Å². The van der Waals surface area contributed by atoms with Gasteiger partial charge >= 0.3 is 0 Å². The second-order valence-electron chi connectivity index (χ2n) is 5.49. The average molecular weight is 360 g/mol. The third kappa shape index (κ3) is 7.69. The number of carboxylic acid groups (broad SMARTS) is 1. The molecule has 0 spiro atoms. The van der Waals surface area contributed by atoms with E-state index < -0.39 is 5.97 Å². The molecule has 2 rings (SSSR count). The Kier molecular flexibility index (Phi) is 9.30. The van der Waals surface area contributed by atoms with Gasteiger partial charge in [-0.05, 0) is 31.5 Å². The van der Waals surface area contributed by atoms with Gasteiger partial charge in [0.1, 0.15) is 5.75 Å². The molecule has 1 aromatic heterocycles. The summed E-state index contributed by atoms with van der Waals surface area (Å²) in [6.07, 6.45) is 6.99. The SMILES string of the molecule is CC(=O)[O-].CCCCCN=C(N)N/N=C\c1c[nH]c2ccc(OC)cc12. The number of aromatic nitrogens is 1. The summed E-state index contributed by atoms with van der Waals surface area (Å²) >= 11 is 0. The molecule has 1 heterocycles. The Morgan fingerprint density at radius 2 is 2.15 bits per heavy atom. The van der Waals surface area contributed by atoms with Gasteiger partial charge < -0.3 is 25.4 Å². The average Bonchev–Trinajstić information content (AvgIpc) is 3.00. The minimum Gasteiger partial charge on any atom is -0.550 e. The fourth-order valence-corrected chi connectivity index (χ4v) is 2.12. The standard InChI is InChI=1S/C16H23N5O.C2H4O2/c1-3-4-5-8-18-16(17)21-20-11-12-10-19-15-7-6-13(22-2)9-14(12)15;1-2(3)4/h6-7,9-11,19H,3-5,8H2,1-2H3,(H3,17,18,21);1H3,(H,3,4)/p-1/b20-11-;. The first-order valence-corrected chi connectivity index (χ1v) is 8.39. The zero-order valence-corrected chi connectivity index (χ0v) is 15.4. The Balaban J connectivity index is 0.000000765. The van der Waals surface area contributed by atoms with E-state index in [1.807, 2.05) is 24.4 Å². The van der Waals surface area contributed by atoms with Gasteiger partial charge in [-0.15, -0.1) is 0 Å². The van der Waals surface area contributed by atoms with E-state index in [9.17, 15) is 0 Å². The zero-order valence-electron chi connectivity index (χ0n) is 15.4. The first-order valence-electron chi connectivity index (χ1n) is 8.39. The van der Waals surface area contributed by atoms with Crippen LogP contribution in [0.4, 0.5) is 0 Å². The summed E-state index contributed by atoms with van der Waals surface area (Å²) in [5, 5.41) is 14.1. The molecule has 142 valence electrons. The smallest absolute Gasteiger partial charge is 0.209 e. The maximum atomic E-state index is 8.89. The Morgan fingerprint density at radius 1 is 1.42 bits per heavy atom. The predicted octanol–water partition coefficient (Wildman–Crippen LogP) is 1.36. The molecule has 1 aromatic carbocycles. The summed E-state index contributed by atoms with van der Waals surface area (Å²) in [5.41, 5.74) is 10.5. The maximum Gasteiger partial charge on any atom is 0.209 e. The number of benzene rings is 1. The number of nitrogens with one attached hydrogen (secondary N) is 2. The highest BCUT2D eigenvalue weighted by Crippen LogP contribution is 2.22. The monoisotopic (exact) mass is 360 g/mol. The number of nitrogens with two attached hydrogens (primary N) is 1. The second-order valence-corrected chi connectivity index (χ2v) is 5.49. The van der Waals surface area contributed by atoms with Crippen LogP contribution in [0.25, 0.3) is 10.9 Å². The van der Waals surface area contributed by atoms with E-state index >= 15 is 0 Å². The topological polar surface area (TPSA) is 128 Å². The van der Waals surface area contributed by atoms with Crippen LogP contribution in [0.2, 0.25) is 0 Å². The number of guanidine groups is 1. The molecular weight excluding hydrogens is 334 g/mol. The van der Waals surface area contributed by atoms with Crippen LogP contribution >= 0.6 is 0 Å². The lowest BCUT2D eigenvalue weighted by Crippen LogP contribution is -2.27. The summed E-state index contributed by atoms with van der Waals surface area (Å²) in [4.78, 5) is 16.3. The van der Waals surface area contributed by atoms with Crippen LogP contribution in [0.3, 0.4) is 0 Å². The van der Waals surface area contributed by atoms with Crippen molar-refractivity contribution in [3.8, 4) is 5.75 Å². The van der Waals surface area contributed by atoms with Crippen molar-refractivity contribution in [2.24, 2.45) is 15.8 Å². The summed E-state index contributed by atoms with van der Waals surface area (Å²) in [7, 11) is 1.65. The fourth-order valence-electron chi connectivity index (χ4n) is 2.12. The van der Waals surface area contributed by atoms with Gasteiger partial charge in [-0.25, -0.2) is 5.43 Å². The van der Waals surface area contributed by atoms with Gasteiger partial charge in [-0.2, -0.15) is 5.10 Å². The van der Waals surface area contributed by atoms with Crippen LogP contribution in [0, 0.1) is 0 Å². The number of nitrogens with zero attached hydrogens (tertiary/aromatic N) is 2. The minimum absolute atomic E-state index is 0.338. The number of hydrazone groups is 1. The van der Waals surface area contributed by atoms with Crippen molar-refractivity contribution in [1.29, 1.82) is 0 Å². The molecule has 0 bridgehead atoms. The molecule has 0 unspecified atom stereocenters. The lowest BCUT2D eigenvalue weighted by Gasteiger charge is -2.00. The Hall–Kier alpha value is -3.03. The molecule has 0 aliphatic rings. The number of carbonyl (C=O) groups excluding carboxylic acids is 1. The van der Waals surface area contributed by atoms with E-state index in [2.05, 4.69) is 27.4 Å². The third-order valence-electron chi connectivity index (χ3n) is 3.35. The number of carboxylic acids is 1. The number of rotatable bonds is 7. The van der Waals surface area contributed by atoms with E-state index in [4.69, 9.17) is 20.4 Å². The number of unbranched alkanes of at least 4 members (excludes halogenated alkanes) is 2. The molecule has 8 heteroatoms. The Morgan fingerprint density at radius 3 is 2.81 bits per heavy atom. The molecule has 0 aliphatic heterocycles. The number of ether oxygens (including phenoxy) is 1. The van der Waals surface area contributed by atoms with Gasteiger partial charge in [0.05, 0.1) is 13.3 Å². The van der Waals surface area contributed by atoms with Gasteiger partial charge in [0, 0.05) is 35.2 Å². The van der Waals surface area contributed by atoms with Crippen molar-refractivity contribution >= 4 is 29.0 Å². The highest BCUT2D eigenvalue weighted by atomic mass is 16.5. The molecule has 0 aliphatic carbocycles. The fraction of sp³-hybridized carbons (Fsp3) is 0.389. The number of methoxy groups -OCH3 is 1. The van der Waals surface area contributed by atoms with Gasteiger partial charge in [-0.1, -0.05) is 19.8 Å². The summed E-state index contributed by atoms with van der Waals surface area (Å²) in [6.45, 7) is 3.86. The van der Waals surface area contributed by atoms with Gasteiger partial charge in [-0.3, -0.25) is 4.99 Å². The van der Waals surface area contributed by atoms with Crippen LogP contribution in [-0.4, -0.2) is 36.8 Å². The van der Waals surface area contributed by atoms with Crippen LogP contribution in [-0.2, 0) is 4.79 Å². The molecule has 0 radical (unpaired) electrons. The van der Waals surface area contributed by atoms with Crippen molar-refractivity contribution in [3.05, 3.63) is 30.0 Å². The van der Waals surface area contributed by atoms with E-state index in [1.165, 1.54) is 6.42 Å². The number of aromatic amines is 1. The molecule has 0 saturated carbocycles. The molecule has 0 fully saturated rings. The van der Waals surface area contributed by atoms with E-state index in [0.717, 1.165) is 48.5 Å². The number of H-pyrrole nitrogens is 1. The van der Waals surface area contributed by atoms with E-state index in [-0.39, 0.29) is 0 Å². The van der Waals surface area contributed by atoms with Crippen molar-refractivity contribution < 1.29 is 14.6 Å². The first kappa shape index (κ1) is 21.0. The quantitative estimate of drug-likeness (QED) is 0.297. The number of hydrogen-bond donors (Lipinski definition) is 3. The minimum atomic E-state index is -1.08. The highest BCUT2D eigenvalue weighted by molar-refractivity contribution is 5.99. The van der Waals surface area contributed by atoms with Crippen molar-refractivity contribution in [1.82, 2.24) is 10.4 Å². The molecule has 0 saturated heterocycles. The highest BCUT2D eigenvalue weighted by Gasteiger charge is 2.03. The first-order chi connectivity index (χ1) is 12.5. The molecule has 0 amide bonds. The van der Waals surface area contributed by atoms with Gasteiger partial charge in [0.25, 0.3) is 0 Å². The molecular formula is C18H26N5O3-. The van der Waals surface area contributed by atoms with E-state index in [1.54, 1.807) is 13.3 Å². The Labute approximate surface area is 153 Å². The number of carbonyl (C=O) groups is 1. The Bertz CT molecular complexity index is 748. The number of aliphatic carboxylic acids is 1. The molecule has 26 heavy (non-hydrogen) atoms. The predicted molar refractivity (Wildman–Crippen MR) is 102 cm³/mol. The van der Waals surface area contributed by atoms with Crippen LogP contribution < -0.4 is 21.0 Å². The molecule has 4 N–H and O–H groups in total. The lowest BCUT2D eigenvalue weighted by atomic mass is 10.2. The van der Waals surface area contributed by atoms with Crippen molar-refractivity contribution in [3.63, 3.8) is 0 Å². The largest absolute Gasteiger partial charge is 0.550 e. The summed E-state index contributed by atoms with van der Waals surface area (Å²) < 4.78 is 5.24. The second kappa shape index (κ2) is 11.5.